The topological polar surface area (TPSA) is 29.3 Å². The highest BCUT2D eigenvalue weighted by Crippen LogP contribution is 2.13. The van der Waals surface area contributed by atoms with Gasteiger partial charge in [0.05, 0.1) is 0 Å². The number of likely N-dealkylation sites (tertiary alicyclic amines) is 1. The molecule has 1 aromatic rings. The maximum absolute atomic E-state index is 5.97. The molecule has 1 heterocycles. The fourth-order valence-electron chi connectivity index (χ4n) is 2.25. The second kappa shape index (κ2) is 7.04. The molecule has 1 aromatic carbocycles. The van der Waals surface area contributed by atoms with Crippen molar-refractivity contribution < 1.29 is 0 Å². The lowest BCUT2D eigenvalue weighted by Gasteiger charge is -2.30. The summed E-state index contributed by atoms with van der Waals surface area (Å²) in [6, 6.07) is 11.1. The van der Waals surface area contributed by atoms with E-state index in [9.17, 15) is 0 Å². The first-order valence-corrected chi connectivity index (χ1v) is 7.59. The highest BCUT2D eigenvalue weighted by molar-refractivity contribution is 7.98. The minimum atomic E-state index is 0.405. The Hall–Kier alpha value is -0.510. The molecule has 0 saturated carbocycles. The summed E-state index contributed by atoms with van der Waals surface area (Å²) in [5.74, 6) is 2.34. The average molecular weight is 250 g/mol. The van der Waals surface area contributed by atoms with Crippen LogP contribution in [0.4, 0.5) is 0 Å². The smallest absolute Gasteiger partial charge is 0.0185 e. The lowest BCUT2D eigenvalue weighted by Crippen LogP contribution is -2.43. The minimum absolute atomic E-state index is 0.405. The molecule has 17 heavy (non-hydrogen) atoms. The van der Waals surface area contributed by atoms with Gasteiger partial charge in [-0.05, 0) is 24.9 Å². The maximum Gasteiger partial charge on any atom is 0.0185 e. The Morgan fingerprint density at radius 2 is 2.12 bits per heavy atom. The molecule has 0 unspecified atom stereocenters. The molecule has 0 aliphatic carbocycles. The fourth-order valence-corrected chi connectivity index (χ4v) is 3.21. The van der Waals surface area contributed by atoms with Crippen LogP contribution in [0, 0.1) is 0 Å². The molecule has 1 aliphatic rings. The van der Waals surface area contributed by atoms with Gasteiger partial charge in [0.1, 0.15) is 0 Å². The molecule has 1 saturated heterocycles. The summed E-state index contributed by atoms with van der Waals surface area (Å²) in [4.78, 5) is 2.51. The van der Waals surface area contributed by atoms with Crippen LogP contribution in [0.3, 0.4) is 0 Å². The highest BCUT2D eigenvalue weighted by atomic mass is 32.2. The molecule has 0 aromatic heterocycles. The Balaban J connectivity index is 1.60. The number of hydrogen-bond acceptors (Lipinski definition) is 3. The normalized spacial score (nSPS) is 21.6. The first kappa shape index (κ1) is 12.9. The molecular formula is C14H22N2S. The number of piperidine rings is 1. The highest BCUT2D eigenvalue weighted by Gasteiger charge is 2.15. The number of thioether (sulfide) groups is 1. The van der Waals surface area contributed by atoms with Crippen LogP contribution >= 0.6 is 11.8 Å². The van der Waals surface area contributed by atoms with Crippen LogP contribution in [0.1, 0.15) is 18.4 Å². The van der Waals surface area contributed by atoms with Crippen LogP contribution in [0.15, 0.2) is 30.3 Å². The molecular weight excluding hydrogens is 228 g/mol. The molecule has 0 bridgehead atoms. The zero-order valence-electron chi connectivity index (χ0n) is 10.3. The number of hydrogen-bond donors (Lipinski definition) is 1. The molecule has 0 spiro atoms. The predicted octanol–water partition coefficient (Wildman–Crippen LogP) is 2.34. The lowest BCUT2D eigenvalue weighted by molar-refractivity contribution is 0.221. The van der Waals surface area contributed by atoms with E-state index < -0.39 is 0 Å². The van der Waals surface area contributed by atoms with Crippen molar-refractivity contribution in [2.45, 2.75) is 24.6 Å². The van der Waals surface area contributed by atoms with Crippen LogP contribution in [-0.4, -0.2) is 36.3 Å². The van der Waals surface area contributed by atoms with Crippen molar-refractivity contribution in [1.29, 1.82) is 0 Å². The van der Waals surface area contributed by atoms with Crippen LogP contribution in [0.5, 0.6) is 0 Å². The summed E-state index contributed by atoms with van der Waals surface area (Å²) in [6.07, 6.45) is 2.47. The quantitative estimate of drug-likeness (QED) is 0.813. The van der Waals surface area contributed by atoms with E-state index in [2.05, 4.69) is 35.2 Å². The first-order valence-electron chi connectivity index (χ1n) is 6.44. The van der Waals surface area contributed by atoms with E-state index in [0.717, 1.165) is 12.3 Å². The van der Waals surface area contributed by atoms with Crippen molar-refractivity contribution in [3.8, 4) is 0 Å². The standard InChI is InChI=1S/C14H22N2S/c15-14-7-4-8-16(11-14)9-10-17-12-13-5-2-1-3-6-13/h1-3,5-6,14H,4,7-12,15H2/t14-/m1/s1. The Labute approximate surface area is 109 Å². The van der Waals surface area contributed by atoms with E-state index in [1.165, 1.54) is 37.2 Å². The molecule has 0 radical (unpaired) electrons. The average Bonchev–Trinajstić information content (AvgIpc) is 2.36. The second-order valence-corrected chi connectivity index (χ2v) is 5.85. The monoisotopic (exact) mass is 250 g/mol. The molecule has 1 atom stereocenters. The summed E-state index contributed by atoms with van der Waals surface area (Å²) < 4.78 is 0. The summed E-state index contributed by atoms with van der Waals surface area (Å²) in [7, 11) is 0. The number of nitrogens with two attached hydrogens (primary N) is 1. The third kappa shape index (κ3) is 4.70. The van der Waals surface area contributed by atoms with E-state index >= 15 is 0 Å². The SMILES string of the molecule is N[C@@H]1CCCN(CCSCc2ccccc2)C1. The largest absolute Gasteiger partial charge is 0.327 e. The van der Waals surface area contributed by atoms with Crippen LogP contribution in [-0.2, 0) is 5.75 Å². The third-order valence-electron chi connectivity index (χ3n) is 3.21. The van der Waals surface area contributed by atoms with Gasteiger partial charge >= 0.3 is 0 Å². The van der Waals surface area contributed by atoms with E-state index in [1.54, 1.807) is 0 Å². The third-order valence-corrected chi connectivity index (χ3v) is 4.21. The van der Waals surface area contributed by atoms with E-state index in [0.29, 0.717) is 6.04 Å². The van der Waals surface area contributed by atoms with E-state index in [4.69, 9.17) is 5.73 Å². The number of rotatable bonds is 5. The Morgan fingerprint density at radius 1 is 1.29 bits per heavy atom. The number of nitrogens with zero attached hydrogens (tertiary/aromatic N) is 1. The van der Waals surface area contributed by atoms with Crippen molar-refractivity contribution in [2.24, 2.45) is 5.73 Å². The predicted molar refractivity (Wildman–Crippen MR) is 76.3 cm³/mol. The van der Waals surface area contributed by atoms with E-state index in [1.807, 2.05) is 11.8 Å². The van der Waals surface area contributed by atoms with Gasteiger partial charge in [-0.1, -0.05) is 30.3 Å². The lowest BCUT2D eigenvalue weighted by atomic mass is 10.1. The summed E-state index contributed by atoms with van der Waals surface area (Å²) in [5.41, 5.74) is 7.40. The summed E-state index contributed by atoms with van der Waals surface area (Å²) in [6.45, 7) is 3.51. The molecule has 1 fully saturated rings. The van der Waals surface area contributed by atoms with Crippen molar-refractivity contribution in [3.63, 3.8) is 0 Å². The maximum atomic E-state index is 5.97. The first-order chi connectivity index (χ1) is 8.34. The van der Waals surface area contributed by atoms with Crippen molar-refractivity contribution in [3.05, 3.63) is 35.9 Å². The van der Waals surface area contributed by atoms with Gasteiger partial charge < -0.3 is 10.6 Å². The van der Waals surface area contributed by atoms with E-state index in [-0.39, 0.29) is 0 Å². The van der Waals surface area contributed by atoms with Gasteiger partial charge in [-0.15, -0.1) is 0 Å². The zero-order chi connectivity index (χ0) is 11.9. The van der Waals surface area contributed by atoms with Crippen molar-refractivity contribution in [2.75, 3.05) is 25.4 Å². The molecule has 2 nitrogen and oxygen atoms in total. The minimum Gasteiger partial charge on any atom is -0.327 e. The molecule has 94 valence electrons. The van der Waals surface area contributed by atoms with Gasteiger partial charge in [-0.3, -0.25) is 0 Å². The zero-order valence-corrected chi connectivity index (χ0v) is 11.2. The molecule has 2 rings (SSSR count). The Morgan fingerprint density at radius 3 is 2.88 bits per heavy atom. The van der Waals surface area contributed by atoms with Gasteiger partial charge in [0.2, 0.25) is 0 Å². The second-order valence-electron chi connectivity index (χ2n) is 4.74. The molecule has 1 aliphatic heterocycles. The van der Waals surface area contributed by atoms with Crippen LogP contribution in [0.2, 0.25) is 0 Å². The van der Waals surface area contributed by atoms with Crippen molar-refractivity contribution >= 4 is 11.8 Å². The fraction of sp³-hybridized carbons (Fsp3) is 0.571. The van der Waals surface area contributed by atoms with Crippen LogP contribution < -0.4 is 5.73 Å². The van der Waals surface area contributed by atoms with Gasteiger partial charge in [0.25, 0.3) is 0 Å². The van der Waals surface area contributed by atoms with Gasteiger partial charge in [0, 0.05) is 30.6 Å². The van der Waals surface area contributed by atoms with Crippen molar-refractivity contribution in [1.82, 2.24) is 4.90 Å². The summed E-state index contributed by atoms with van der Waals surface area (Å²) in [5, 5.41) is 0. The summed E-state index contributed by atoms with van der Waals surface area (Å²) >= 11 is 2.02. The molecule has 3 heteroatoms. The Bertz CT molecular complexity index is 315. The Kier molecular flexibility index (Phi) is 5.36. The van der Waals surface area contributed by atoms with Gasteiger partial charge in [-0.2, -0.15) is 11.8 Å². The van der Waals surface area contributed by atoms with Gasteiger partial charge in [0.15, 0.2) is 0 Å². The molecule has 2 N–H and O–H groups in total. The van der Waals surface area contributed by atoms with Crippen LogP contribution in [0.25, 0.3) is 0 Å². The molecule has 0 amide bonds. The van der Waals surface area contributed by atoms with Gasteiger partial charge in [-0.25, -0.2) is 0 Å². The number of benzene rings is 1.